The maximum Gasteiger partial charge on any atom is 0.419 e. The van der Waals surface area contributed by atoms with E-state index in [0.29, 0.717) is 18.2 Å². The van der Waals surface area contributed by atoms with Crippen molar-refractivity contribution in [1.29, 1.82) is 5.26 Å². The summed E-state index contributed by atoms with van der Waals surface area (Å²) in [5.41, 5.74) is -2.47. The number of nitrogens with zero attached hydrogens (tertiary/aromatic N) is 1. The first kappa shape index (κ1) is 23.9. The molecule has 0 radical (unpaired) electrons. The van der Waals surface area contributed by atoms with Crippen LogP contribution in [0.1, 0.15) is 22.3 Å². The molecule has 156 valence electrons. The van der Waals surface area contributed by atoms with Gasteiger partial charge in [-0.15, -0.1) is 0 Å². The van der Waals surface area contributed by atoms with Crippen LogP contribution in [0.5, 0.6) is 0 Å². The summed E-state index contributed by atoms with van der Waals surface area (Å²) in [5, 5.41) is 16.6. The Morgan fingerprint density at radius 1 is 0.862 bits per heavy atom. The van der Waals surface area contributed by atoms with Gasteiger partial charge in [0, 0.05) is 0 Å². The lowest BCUT2D eigenvalue weighted by molar-refractivity contribution is -0.140. The lowest BCUT2D eigenvalue weighted by Crippen LogP contribution is -2.09. The second kappa shape index (κ2) is 9.36. The van der Waals surface area contributed by atoms with Crippen LogP contribution in [0.4, 0.5) is 35.1 Å². The van der Waals surface area contributed by atoms with Gasteiger partial charge >= 0.3 is 18.3 Å². The zero-order valence-corrected chi connectivity index (χ0v) is 14.2. The molecule has 0 atom stereocenters. The van der Waals surface area contributed by atoms with Gasteiger partial charge in [0.15, 0.2) is 0 Å². The molecular formula is C18H11F8NO2. The average molecular weight is 425 g/mol. The summed E-state index contributed by atoms with van der Waals surface area (Å²) in [5.74, 6) is -4.03. The van der Waals surface area contributed by atoms with E-state index in [-0.39, 0.29) is 17.5 Å². The second-order valence-corrected chi connectivity index (χ2v) is 5.53. The number of alkyl halides is 6. The number of carboxylic acid groups (broad SMARTS) is 1. The van der Waals surface area contributed by atoms with E-state index in [0.717, 1.165) is 18.2 Å². The van der Waals surface area contributed by atoms with Crippen LogP contribution in [-0.2, 0) is 30.0 Å². The predicted molar refractivity (Wildman–Crippen MR) is 83.5 cm³/mol. The standard InChI is InChI=1S/C9H5F4N.C9H6F4O2/c10-8-5-6(3-4-14)1-2-7(8)9(11,12)13;10-7-3-5(4-8(14)15)1-2-6(7)9(11,12)13/h1-2,5H,3H2;1-3H,4H2,(H,14,15). The largest absolute Gasteiger partial charge is 0.481 e. The molecule has 0 unspecified atom stereocenters. The van der Waals surface area contributed by atoms with Crippen LogP contribution in [-0.4, -0.2) is 11.1 Å². The summed E-state index contributed by atoms with van der Waals surface area (Å²) in [6.07, 6.45) is -10.1. The number of carbonyl (C=O) groups is 1. The summed E-state index contributed by atoms with van der Waals surface area (Å²) in [6.45, 7) is 0. The van der Waals surface area contributed by atoms with Crippen molar-refractivity contribution in [3.63, 3.8) is 0 Å². The van der Waals surface area contributed by atoms with E-state index in [1.807, 2.05) is 0 Å². The predicted octanol–water partition coefficient (Wildman–Crippen LogP) is 5.38. The van der Waals surface area contributed by atoms with E-state index in [9.17, 15) is 39.9 Å². The third-order valence-corrected chi connectivity index (χ3v) is 3.32. The van der Waals surface area contributed by atoms with Crippen LogP contribution in [0, 0.1) is 23.0 Å². The Labute approximate surface area is 158 Å². The van der Waals surface area contributed by atoms with Crippen LogP contribution in [0.2, 0.25) is 0 Å². The van der Waals surface area contributed by atoms with Crippen molar-refractivity contribution >= 4 is 5.97 Å². The zero-order valence-electron chi connectivity index (χ0n) is 14.2. The van der Waals surface area contributed by atoms with Crippen molar-refractivity contribution in [2.75, 3.05) is 0 Å². The highest BCUT2D eigenvalue weighted by Gasteiger charge is 2.34. The SMILES string of the molecule is N#CCc1ccc(C(F)(F)F)c(F)c1.O=C(O)Cc1ccc(C(F)(F)F)c(F)c1. The molecule has 0 amide bonds. The minimum Gasteiger partial charge on any atom is -0.481 e. The van der Waals surface area contributed by atoms with Crippen LogP contribution >= 0.6 is 0 Å². The normalized spacial score (nSPS) is 11.3. The van der Waals surface area contributed by atoms with Gasteiger partial charge in [-0.3, -0.25) is 4.79 Å². The van der Waals surface area contributed by atoms with Crippen LogP contribution in [0.3, 0.4) is 0 Å². The highest BCUT2D eigenvalue weighted by Crippen LogP contribution is 2.32. The van der Waals surface area contributed by atoms with Crippen molar-refractivity contribution in [3.05, 3.63) is 70.3 Å². The molecule has 11 heteroatoms. The lowest BCUT2D eigenvalue weighted by atomic mass is 10.1. The Morgan fingerprint density at radius 3 is 1.62 bits per heavy atom. The molecule has 0 heterocycles. The highest BCUT2D eigenvalue weighted by molar-refractivity contribution is 5.70. The van der Waals surface area contributed by atoms with Gasteiger partial charge in [0.25, 0.3) is 0 Å². The molecule has 0 saturated carbocycles. The number of rotatable bonds is 3. The summed E-state index contributed by atoms with van der Waals surface area (Å²) in [7, 11) is 0. The Kier molecular flexibility index (Phi) is 7.71. The molecule has 2 rings (SSSR count). The highest BCUT2D eigenvalue weighted by atomic mass is 19.4. The van der Waals surface area contributed by atoms with Gasteiger partial charge in [-0.2, -0.15) is 31.6 Å². The third-order valence-electron chi connectivity index (χ3n) is 3.32. The molecule has 29 heavy (non-hydrogen) atoms. The molecule has 0 aliphatic rings. The van der Waals surface area contributed by atoms with Crippen molar-refractivity contribution in [3.8, 4) is 6.07 Å². The number of hydrogen-bond donors (Lipinski definition) is 1. The summed E-state index contributed by atoms with van der Waals surface area (Å²) in [6, 6.07) is 6.24. The number of carboxylic acids is 1. The van der Waals surface area contributed by atoms with Gasteiger partial charge in [-0.1, -0.05) is 12.1 Å². The number of benzene rings is 2. The Hall–Kier alpha value is -3.16. The monoisotopic (exact) mass is 425 g/mol. The third kappa shape index (κ3) is 7.40. The molecule has 0 aliphatic heterocycles. The molecule has 2 aromatic carbocycles. The van der Waals surface area contributed by atoms with Gasteiger partial charge in [-0.05, 0) is 35.4 Å². The maximum absolute atomic E-state index is 12.9. The minimum atomic E-state index is -4.76. The van der Waals surface area contributed by atoms with E-state index in [1.54, 1.807) is 6.07 Å². The van der Waals surface area contributed by atoms with E-state index in [1.165, 1.54) is 0 Å². The van der Waals surface area contributed by atoms with Crippen LogP contribution < -0.4 is 0 Å². The zero-order chi connectivity index (χ0) is 22.4. The first-order valence-electron chi connectivity index (χ1n) is 7.55. The van der Waals surface area contributed by atoms with E-state index in [2.05, 4.69) is 0 Å². The van der Waals surface area contributed by atoms with Gasteiger partial charge in [-0.25, -0.2) is 8.78 Å². The summed E-state index contributed by atoms with van der Waals surface area (Å²) in [4.78, 5) is 10.2. The Morgan fingerprint density at radius 2 is 1.28 bits per heavy atom. The molecule has 2 aromatic rings. The molecule has 0 saturated heterocycles. The molecule has 0 fully saturated rings. The second-order valence-electron chi connectivity index (χ2n) is 5.53. The average Bonchev–Trinajstić information content (AvgIpc) is 2.52. The maximum atomic E-state index is 12.9. The smallest absolute Gasteiger partial charge is 0.419 e. The summed E-state index contributed by atoms with van der Waals surface area (Å²) >= 11 is 0. The van der Waals surface area contributed by atoms with Gasteiger partial charge < -0.3 is 5.11 Å². The molecule has 3 nitrogen and oxygen atoms in total. The Balaban J connectivity index is 0.000000291. The summed E-state index contributed by atoms with van der Waals surface area (Å²) < 4.78 is 98.2. The van der Waals surface area contributed by atoms with Crippen molar-refractivity contribution in [2.24, 2.45) is 0 Å². The van der Waals surface area contributed by atoms with E-state index < -0.39 is 47.5 Å². The van der Waals surface area contributed by atoms with Gasteiger partial charge in [0.1, 0.15) is 11.6 Å². The molecule has 0 spiro atoms. The molecular weight excluding hydrogens is 414 g/mol. The first-order chi connectivity index (χ1) is 13.3. The van der Waals surface area contributed by atoms with Crippen molar-refractivity contribution in [2.45, 2.75) is 25.2 Å². The molecule has 0 bridgehead atoms. The van der Waals surface area contributed by atoms with Gasteiger partial charge in [0.2, 0.25) is 0 Å². The fourth-order valence-corrected chi connectivity index (χ4v) is 2.06. The number of halogens is 8. The Bertz CT molecular complexity index is 914. The minimum absolute atomic E-state index is 0.00648. The number of hydrogen-bond acceptors (Lipinski definition) is 2. The van der Waals surface area contributed by atoms with Crippen LogP contribution in [0.15, 0.2) is 36.4 Å². The van der Waals surface area contributed by atoms with Crippen LogP contribution in [0.25, 0.3) is 0 Å². The van der Waals surface area contributed by atoms with Crippen molar-refractivity contribution < 1.29 is 45.0 Å². The number of nitriles is 1. The fraction of sp³-hybridized carbons (Fsp3) is 0.222. The topological polar surface area (TPSA) is 61.1 Å². The lowest BCUT2D eigenvalue weighted by Gasteiger charge is -2.08. The quantitative estimate of drug-likeness (QED) is 0.672. The van der Waals surface area contributed by atoms with Gasteiger partial charge in [0.05, 0.1) is 30.0 Å². The molecule has 1 N–H and O–H groups in total. The molecule has 0 aliphatic carbocycles. The van der Waals surface area contributed by atoms with E-state index in [4.69, 9.17) is 10.4 Å². The first-order valence-corrected chi connectivity index (χ1v) is 7.55. The molecule has 0 aromatic heterocycles. The van der Waals surface area contributed by atoms with E-state index >= 15 is 0 Å². The number of aliphatic carboxylic acids is 1. The fourth-order valence-electron chi connectivity index (χ4n) is 2.06. The van der Waals surface area contributed by atoms with Crippen molar-refractivity contribution in [1.82, 2.24) is 0 Å².